The van der Waals surface area contributed by atoms with Crippen LogP contribution < -0.4 is 5.73 Å². The van der Waals surface area contributed by atoms with Crippen LogP contribution in [-0.2, 0) is 17.9 Å². The molecule has 0 spiro atoms. The van der Waals surface area contributed by atoms with E-state index in [-0.39, 0.29) is 0 Å². The van der Waals surface area contributed by atoms with Gasteiger partial charge in [0.2, 0.25) is 0 Å². The van der Waals surface area contributed by atoms with E-state index in [1.807, 2.05) is 31.2 Å². The second-order valence-corrected chi connectivity index (χ2v) is 6.54. The molecule has 6 nitrogen and oxygen atoms in total. The minimum Gasteiger partial charge on any atom is -0.388 e. The third-order valence-electron chi connectivity index (χ3n) is 4.86. The van der Waals surface area contributed by atoms with E-state index in [1.54, 1.807) is 0 Å². The molecule has 4 rings (SSSR count). The van der Waals surface area contributed by atoms with E-state index >= 15 is 0 Å². The van der Waals surface area contributed by atoms with Crippen LogP contribution in [0.1, 0.15) is 32.0 Å². The summed E-state index contributed by atoms with van der Waals surface area (Å²) in [6, 6.07) is 7.90. The van der Waals surface area contributed by atoms with Crippen LogP contribution in [0.3, 0.4) is 0 Å². The van der Waals surface area contributed by atoms with Gasteiger partial charge in [0, 0.05) is 12.0 Å². The van der Waals surface area contributed by atoms with E-state index < -0.39 is 5.60 Å². The Morgan fingerprint density at radius 3 is 2.79 bits per heavy atom. The smallest absolute Gasteiger partial charge is 0.152 e. The SMILES string of the molecule is CCOCc1nc2c(N)nc3ccccc3c2n1CC1(O)CCC1. The molecule has 0 saturated heterocycles. The Kier molecular flexibility index (Phi) is 3.66. The van der Waals surface area contributed by atoms with E-state index in [0.29, 0.717) is 31.1 Å². The summed E-state index contributed by atoms with van der Waals surface area (Å²) in [6.07, 6.45) is 2.70. The number of hydrogen-bond donors (Lipinski definition) is 2. The number of aromatic nitrogens is 3. The van der Waals surface area contributed by atoms with Gasteiger partial charge in [-0.3, -0.25) is 0 Å². The topological polar surface area (TPSA) is 86.2 Å². The van der Waals surface area contributed by atoms with Gasteiger partial charge in [0.25, 0.3) is 0 Å². The Hall–Kier alpha value is -2.18. The normalized spacial score (nSPS) is 16.6. The second-order valence-electron chi connectivity index (χ2n) is 6.54. The molecule has 0 amide bonds. The Balaban J connectivity index is 1.96. The quantitative estimate of drug-likeness (QED) is 0.753. The first-order valence-electron chi connectivity index (χ1n) is 8.45. The van der Waals surface area contributed by atoms with Crippen molar-refractivity contribution in [3.63, 3.8) is 0 Å². The molecule has 0 unspecified atom stereocenters. The molecule has 1 saturated carbocycles. The number of aliphatic hydroxyl groups is 1. The lowest BCUT2D eigenvalue weighted by molar-refractivity contribution is -0.0477. The molecule has 24 heavy (non-hydrogen) atoms. The Labute approximate surface area is 140 Å². The summed E-state index contributed by atoms with van der Waals surface area (Å²) >= 11 is 0. The molecule has 3 N–H and O–H groups in total. The van der Waals surface area contributed by atoms with Crippen LogP contribution in [0, 0.1) is 0 Å². The lowest BCUT2D eigenvalue weighted by Crippen LogP contribution is -2.41. The highest BCUT2D eigenvalue weighted by molar-refractivity contribution is 6.06. The van der Waals surface area contributed by atoms with E-state index in [0.717, 1.165) is 41.5 Å². The van der Waals surface area contributed by atoms with Gasteiger partial charge in [-0.2, -0.15) is 0 Å². The van der Waals surface area contributed by atoms with Crippen LogP contribution in [0.15, 0.2) is 24.3 Å². The van der Waals surface area contributed by atoms with Crippen molar-refractivity contribution in [2.24, 2.45) is 0 Å². The molecule has 1 aromatic carbocycles. The summed E-state index contributed by atoms with van der Waals surface area (Å²) in [6.45, 7) is 3.48. The van der Waals surface area contributed by atoms with Crippen molar-refractivity contribution in [2.75, 3.05) is 12.3 Å². The van der Waals surface area contributed by atoms with Crippen molar-refractivity contribution in [3.05, 3.63) is 30.1 Å². The minimum atomic E-state index is -0.659. The van der Waals surface area contributed by atoms with E-state index in [4.69, 9.17) is 10.5 Å². The van der Waals surface area contributed by atoms with E-state index in [1.165, 1.54) is 0 Å². The van der Waals surface area contributed by atoms with Gasteiger partial charge < -0.3 is 20.1 Å². The van der Waals surface area contributed by atoms with E-state index in [9.17, 15) is 5.11 Å². The molecular formula is C18H22N4O2. The number of nitrogen functional groups attached to an aromatic ring is 1. The van der Waals surface area contributed by atoms with Crippen LogP contribution in [0.25, 0.3) is 21.9 Å². The summed E-state index contributed by atoms with van der Waals surface area (Å²) in [5.41, 5.74) is 7.96. The molecule has 0 atom stereocenters. The summed E-state index contributed by atoms with van der Waals surface area (Å²) in [5, 5.41) is 11.7. The van der Waals surface area contributed by atoms with Gasteiger partial charge in [-0.15, -0.1) is 0 Å². The lowest BCUT2D eigenvalue weighted by atomic mass is 9.80. The van der Waals surface area contributed by atoms with Gasteiger partial charge in [0.1, 0.15) is 17.9 Å². The molecule has 0 radical (unpaired) electrons. The Morgan fingerprint density at radius 2 is 2.08 bits per heavy atom. The molecule has 1 aliphatic carbocycles. The molecule has 1 aliphatic rings. The van der Waals surface area contributed by atoms with Gasteiger partial charge in [0.15, 0.2) is 5.82 Å². The Morgan fingerprint density at radius 1 is 1.29 bits per heavy atom. The average molecular weight is 326 g/mol. The standard InChI is InChI=1S/C18H22N4O2/c1-2-24-10-14-21-15-16(22(14)11-18(23)8-5-9-18)12-6-3-4-7-13(12)20-17(15)19/h3-4,6-7,23H,2,5,8-11H2,1H3,(H2,19,20). The monoisotopic (exact) mass is 326 g/mol. The molecule has 2 aromatic heterocycles. The van der Waals surface area contributed by atoms with Crippen molar-refractivity contribution in [1.82, 2.24) is 14.5 Å². The zero-order valence-corrected chi connectivity index (χ0v) is 13.8. The molecule has 1 fully saturated rings. The van der Waals surface area contributed by atoms with Crippen LogP contribution in [-0.4, -0.2) is 31.8 Å². The number of nitrogens with zero attached hydrogens (tertiary/aromatic N) is 3. The molecular weight excluding hydrogens is 304 g/mol. The average Bonchev–Trinajstić information content (AvgIpc) is 2.91. The largest absolute Gasteiger partial charge is 0.388 e. The third kappa shape index (κ3) is 2.42. The van der Waals surface area contributed by atoms with Crippen LogP contribution in [0.5, 0.6) is 0 Å². The van der Waals surface area contributed by atoms with Crippen molar-refractivity contribution < 1.29 is 9.84 Å². The molecule has 2 heterocycles. The molecule has 6 heteroatoms. The molecule has 0 aliphatic heterocycles. The zero-order valence-electron chi connectivity index (χ0n) is 13.8. The number of fused-ring (bicyclic) bond motifs is 3. The zero-order chi connectivity index (χ0) is 16.7. The van der Waals surface area contributed by atoms with Crippen LogP contribution in [0.2, 0.25) is 0 Å². The summed E-state index contributed by atoms with van der Waals surface area (Å²) < 4.78 is 7.66. The minimum absolute atomic E-state index is 0.398. The van der Waals surface area contributed by atoms with Gasteiger partial charge in [-0.25, -0.2) is 9.97 Å². The maximum absolute atomic E-state index is 10.7. The number of para-hydroxylation sites is 1. The summed E-state index contributed by atoms with van der Waals surface area (Å²) in [5.74, 6) is 1.21. The fraction of sp³-hybridized carbons (Fsp3) is 0.444. The first kappa shape index (κ1) is 15.4. The highest BCUT2D eigenvalue weighted by Crippen LogP contribution is 2.36. The highest BCUT2D eigenvalue weighted by atomic mass is 16.5. The number of pyridine rings is 1. The van der Waals surface area contributed by atoms with Crippen molar-refractivity contribution in [3.8, 4) is 0 Å². The predicted molar refractivity (Wildman–Crippen MR) is 93.6 cm³/mol. The number of imidazole rings is 1. The third-order valence-corrected chi connectivity index (χ3v) is 4.86. The van der Waals surface area contributed by atoms with Gasteiger partial charge in [-0.1, -0.05) is 18.2 Å². The number of nitrogens with two attached hydrogens (primary N) is 1. The number of ether oxygens (including phenoxy) is 1. The number of benzene rings is 1. The van der Waals surface area contributed by atoms with Crippen molar-refractivity contribution in [1.29, 1.82) is 0 Å². The van der Waals surface area contributed by atoms with Crippen molar-refractivity contribution >= 4 is 27.8 Å². The fourth-order valence-corrected chi connectivity index (χ4v) is 3.42. The van der Waals surface area contributed by atoms with Gasteiger partial charge in [0.05, 0.1) is 23.2 Å². The van der Waals surface area contributed by atoms with Crippen LogP contribution in [0.4, 0.5) is 5.82 Å². The van der Waals surface area contributed by atoms with Gasteiger partial charge in [-0.05, 0) is 32.3 Å². The van der Waals surface area contributed by atoms with Crippen LogP contribution >= 0.6 is 0 Å². The molecule has 3 aromatic rings. The maximum atomic E-state index is 10.7. The summed E-state index contributed by atoms with van der Waals surface area (Å²) in [7, 11) is 0. The number of rotatable bonds is 5. The highest BCUT2D eigenvalue weighted by Gasteiger charge is 2.36. The van der Waals surface area contributed by atoms with E-state index in [2.05, 4.69) is 14.5 Å². The summed E-state index contributed by atoms with van der Waals surface area (Å²) in [4.78, 5) is 9.15. The number of anilines is 1. The second kappa shape index (κ2) is 5.72. The maximum Gasteiger partial charge on any atom is 0.152 e. The Bertz CT molecular complexity index is 899. The first-order valence-corrected chi connectivity index (χ1v) is 8.45. The lowest BCUT2D eigenvalue weighted by Gasteiger charge is -2.37. The molecule has 126 valence electrons. The first-order chi connectivity index (χ1) is 11.6. The predicted octanol–water partition coefficient (Wildman–Crippen LogP) is 2.62. The molecule has 0 bridgehead atoms. The number of hydrogen-bond acceptors (Lipinski definition) is 5. The van der Waals surface area contributed by atoms with Crippen molar-refractivity contribution in [2.45, 2.75) is 44.9 Å². The van der Waals surface area contributed by atoms with Gasteiger partial charge >= 0.3 is 0 Å². The fourth-order valence-electron chi connectivity index (χ4n) is 3.42.